The molecular weight excluding hydrogens is 287 g/mol. The maximum absolute atomic E-state index is 13.0. The summed E-state index contributed by atoms with van der Waals surface area (Å²) in [6.07, 6.45) is -3.67. The Morgan fingerprint density at radius 3 is 2.57 bits per heavy atom. The maximum atomic E-state index is 13.0. The zero-order valence-electron chi connectivity index (χ0n) is 11.3. The van der Waals surface area contributed by atoms with Gasteiger partial charge >= 0.3 is 12.1 Å². The fourth-order valence-corrected chi connectivity index (χ4v) is 2.46. The van der Waals surface area contributed by atoms with Gasteiger partial charge < -0.3 is 9.64 Å². The average Bonchev–Trinajstić information content (AvgIpc) is 2.94. The van der Waals surface area contributed by atoms with Crippen LogP contribution in [0, 0.1) is 0 Å². The number of carbonyl (C=O) groups excluding carboxylic acids is 2. The largest absolute Gasteiger partial charge is 0.467 e. The minimum atomic E-state index is -4.62. The Bertz CT molecular complexity index is 557. The third kappa shape index (κ3) is 3.01. The first-order valence-corrected chi connectivity index (χ1v) is 6.41. The number of alkyl halides is 3. The highest BCUT2D eigenvalue weighted by molar-refractivity contribution is 5.98. The van der Waals surface area contributed by atoms with E-state index in [0.29, 0.717) is 12.8 Å². The number of carbonyl (C=O) groups is 2. The van der Waals surface area contributed by atoms with Crippen LogP contribution in [0.25, 0.3) is 0 Å². The van der Waals surface area contributed by atoms with Crippen LogP contribution in [0.4, 0.5) is 13.2 Å². The number of hydrogen-bond acceptors (Lipinski definition) is 3. The molecule has 0 aliphatic carbocycles. The molecule has 7 heteroatoms. The highest BCUT2D eigenvalue weighted by Crippen LogP contribution is 2.33. The van der Waals surface area contributed by atoms with Gasteiger partial charge in [-0.25, -0.2) is 4.79 Å². The first-order valence-electron chi connectivity index (χ1n) is 6.41. The zero-order chi connectivity index (χ0) is 15.6. The van der Waals surface area contributed by atoms with Crippen LogP contribution in [0.2, 0.25) is 0 Å². The van der Waals surface area contributed by atoms with Crippen molar-refractivity contribution >= 4 is 11.9 Å². The molecule has 114 valence electrons. The lowest BCUT2D eigenvalue weighted by atomic mass is 10.1. The molecule has 1 atom stereocenters. The summed E-state index contributed by atoms with van der Waals surface area (Å²) in [5.74, 6) is -1.40. The van der Waals surface area contributed by atoms with Gasteiger partial charge in [-0.1, -0.05) is 12.1 Å². The minimum absolute atomic E-state index is 0.241. The van der Waals surface area contributed by atoms with E-state index in [1.165, 1.54) is 19.2 Å². The molecule has 1 fully saturated rings. The molecule has 1 aliphatic heterocycles. The fourth-order valence-electron chi connectivity index (χ4n) is 2.46. The molecule has 21 heavy (non-hydrogen) atoms. The molecule has 0 radical (unpaired) electrons. The number of halogens is 3. The number of amides is 1. The highest BCUT2D eigenvalue weighted by Gasteiger charge is 2.40. The van der Waals surface area contributed by atoms with Crippen LogP contribution in [0.15, 0.2) is 24.3 Å². The molecule has 1 aromatic rings. The highest BCUT2D eigenvalue weighted by atomic mass is 19.4. The summed E-state index contributed by atoms with van der Waals surface area (Å²) in [5.41, 5.74) is -1.44. The van der Waals surface area contributed by atoms with Gasteiger partial charge in [0.15, 0.2) is 0 Å². The molecule has 0 aromatic heterocycles. The maximum Gasteiger partial charge on any atom is 0.417 e. The topological polar surface area (TPSA) is 46.6 Å². The molecule has 0 saturated carbocycles. The number of rotatable bonds is 2. The van der Waals surface area contributed by atoms with Crippen LogP contribution in [-0.4, -0.2) is 36.5 Å². The summed E-state index contributed by atoms with van der Waals surface area (Å²) in [7, 11) is 1.19. The number of ether oxygens (including phenoxy) is 1. The summed E-state index contributed by atoms with van der Waals surface area (Å²) in [6.45, 7) is 0.241. The molecule has 2 rings (SSSR count). The molecule has 0 bridgehead atoms. The normalized spacial score (nSPS) is 18.7. The number of esters is 1. The molecule has 0 N–H and O–H groups in total. The van der Waals surface area contributed by atoms with Crippen LogP contribution in [0.3, 0.4) is 0 Å². The lowest BCUT2D eigenvalue weighted by molar-refractivity contribution is -0.145. The van der Waals surface area contributed by atoms with E-state index in [2.05, 4.69) is 4.74 Å². The van der Waals surface area contributed by atoms with Crippen LogP contribution >= 0.6 is 0 Å². The van der Waals surface area contributed by atoms with Gasteiger partial charge in [0.05, 0.1) is 18.2 Å². The van der Waals surface area contributed by atoms with Gasteiger partial charge in [-0.05, 0) is 25.0 Å². The van der Waals surface area contributed by atoms with E-state index < -0.39 is 35.2 Å². The Morgan fingerprint density at radius 1 is 1.29 bits per heavy atom. The standard InChI is InChI=1S/C14H14F3NO3/c1-21-13(20)11-7-4-8-18(11)12(19)9-5-2-3-6-10(9)14(15,16)17/h2-3,5-6,11H,4,7-8H2,1H3. The van der Waals surface area contributed by atoms with Crippen molar-refractivity contribution in [2.75, 3.05) is 13.7 Å². The van der Waals surface area contributed by atoms with E-state index in [0.717, 1.165) is 17.0 Å². The van der Waals surface area contributed by atoms with Gasteiger partial charge in [0, 0.05) is 6.54 Å². The summed E-state index contributed by atoms with van der Waals surface area (Å²) < 4.78 is 43.5. The van der Waals surface area contributed by atoms with Crippen molar-refractivity contribution in [3.8, 4) is 0 Å². The Morgan fingerprint density at radius 2 is 1.95 bits per heavy atom. The Balaban J connectivity index is 2.35. The summed E-state index contributed by atoms with van der Waals surface area (Å²) in [4.78, 5) is 25.1. The predicted octanol–water partition coefficient (Wildman–Crippen LogP) is 2.48. The van der Waals surface area contributed by atoms with Crippen molar-refractivity contribution in [1.82, 2.24) is 4.90 Å². The van der Waals surface area contributed by atoms with Crippen molar-refractivity contribution in [2.45, 2.75) is 25.1 Å². The molecule has 1 saturated heterocycles. The molecule has 1 heterocycles. The molecule has 1 aromatic carbocycles. The smallest absolute Gasteiger partial charge is 0.417 e. The van der Waals surface area contributed by atoms with E-state index in [-0.39, 0.29) is 6.54 Å². The summed E-state index contributed by atoms with van der Waals surface area (Å²) in [5, 5.41) is 0. The number of methoxy groups -OCH3 is 1. The molecule has 1 aliphatic rings. The first-order chi connectivity index (χ1) is 9.86. The Hall–Kier alpha value is -2.05. The average molecular weight is 301 g/mol. The van der Waals surface area contributed by atoms with Crippen molar-refractivity contribution in [2.24, 2.45) is 0 Å². The number of benzene rings is 1. The first kappa shape index (κ1) is 15.3. The summed E-state index contributed by atoms with van der Waals surface area (Å²) >= 11 is 0. The van der Waals surface area contributed by atoms with Crippen LogP contribution in [0.1, 0.15) is 28.8 Å². The quantitative estimate of drug-likeness (QED) is 0.788. The number of nitrogens with zero attached hydrogens (tertiary/aromatic N) is 1. The second-order valence-electron chi connectivity index (χ2n) is 4.72. The van der Waals surface area contributed by atoms with Gasteiger partial charge in [-0.3, -0.25) is 4.79 Å². The molecule has 0 spiro atoms. The predicted molar refractivity (Wildman–Crippen MR) is 67.5 cm³/mol. The fraction of sp³-hybridized carbons (Fsp3) is 0.429. The summed E-state index contributed by atoms with van der Waals surface area (Å²) in [6, 6.07) is 3.75. The molecule has 1 unspecified atom stereocenters. The zero-order valence-corrected chi connectivity index (χ0v) is 11.3. The third-order valence-corrected chi connectivity index (χ3v) is 3.45. The van der Waals surface area contributed by atoms with Crippen molar-refractivity contribution in [3.63, 3.8) is 0 Å². The van der Waals surface area contributed by atoms with Crippen molar-refractivity contribution < 1.29 is 27.5 Å². The van der Waals surface area contributed by atoms with Crippen molar-refractivity contribution in [1.29, 1.82) is 0 Å². The monoisotopic (exact) mass is 301 g/mol. The van der Waals surface area contributed by atoms with Crippen LogP contribution in [0.5, 0.6) is 0 Å². The van der Waals surface area contributed by atoms with Gasteiger partial charge in [-0.2, -0.15) is 13.2 Å². The second kappa shape index (κ2) is 5.75. The minimum Gasteiger partial charge on any atom is -0.467 e. The number of likely N-dealkylation sites (tertiary alicyclic amines) is 1. The van der Waals surface area contributed by atoms with E-state index >= 15 is 0 Å². The van der Waals surface area contributed by atoms with E-state index in [9.17, 15) is 22.8 Å². The van der Waals surface area contributed by atoms with E-state index in [1.807, 2.05) is 0 Å². The second-order valence-corrected chi connectivity index (χ2v) is 4.72. The SMILES string of the molecule is COC(=O)C1CCCN1C(=O)c1ccccc1C(F)(F)F. The van der Waals surface area contributed by atoms with E-state index in [1.54, 1.807) is 0 Å². The number of hydrogen-bond donors (Lipinski definition) is 0. The van der Waals surface area contributed by atoms with Gasteiger partial charge in [0.25, 0.3) is 5.91 Å². The van der Waals surface area contributed by atoms with Crippen LogP contribution < -0.4 is 0 Å². The van der Waals surface area contributed by atoms with Crippen LogP contribution in [-0.2, 0) is 15.7 Å². The Labute approximate surface area is 119 Å². The molecule has 1 amide bonds. The molecular formula is C14H14F3NO3. The third-order valence-electron chi connectivity index (χ3n) is 3.45. The lowest BCUT2D eigenvalue weighted by Crippen LogP contribution is -2.41. The van der Waals surface area contributed by atoms with Gasteiger partial charge in [-0.15, -0.1) is 0 Å². The van der Waals surface area contributed by atoms with Gasteiger partial charge in [0.2, 0.25) is 0 Å². The van der Waals surface area contributed by atoms with E-state index in [4.69, 9.17) is 0 Å². The Kier molecular flexibility index (Phi) is 4.20. The molecule has 4 nitrogen and oxygen atoms in total. The lowest BCUT2D eigenvalue weighted by Gasteiger charge is -2.24. The van der Waals surface area contributed by atoms with Gasteiger partial charge in [0.1, 0.15) is 6.04 Å². The van der Waals surface area contributed by atoms with Crippen molar-refractivity contribution in [3.05, 3.63) is 35.4 Å².